The minimum absolute atomic E-state index is 0.120. The van der Waals surface area contributed by atoms with Gasteiger partial charge in [0, 0.05) is 5.39 Å². The van der Waals surface area contributed by atoms with E-state index in [0.717, 1.165) is 27.9 Å². The van der Waals surface area contributed by atoms with Crippen LogP contribution in [0.1, 0.15) is 44.2 Å². The first-order valence-electron chi connectivity index (χ1n) is 7.65. The molecule has 1 aromatic heterocycles. The number of hydrogen-bond acceptors (Lipinski definition) is 3. The number of fused-ring (bicyclic) bond motifs is 2. The van der Waals surface area contributed by atoms with Gasteiger partial charge in [-0.05, 0) is 50.8 Å². The van der Waals surface area contributed by atoms with Gasteiger partial charge in [-0.2, -0.15) is 0 Å². The number of allylic oxidation sites excluding steroid dienone is 1. The Morgan fingerprint density at radius 3 is 2.86 bits per heavy atom. The lowest BCUT2D eigenvalue weighted by Gasteiger charge is -2.15. The van der Waals surface area contributed by atoms with E-state index in [9.17, 15) is 0 Å². The van der Waals surface area contributed by atoms with Gasteiger partial charge in [-0.1, -0.05) is 18.2 Å². The van der Waals surface area contributed by atoms with Crippen LogP contribution in [0.15, 0.2) is 36.4 Å². The van der Waals surface area contributed by atoms with E-state index in [2.05, 4.69) is 18.2 Å². The van der Waals surface area contributed by atoms with Gasteiger partial charge in [-0.15, -0.1) is 0 Å². The van der Waals surface area contributed by atoms with Crippen molar-refractivity contribution in [3.05, 3.63) is 47.7 Å². The smallest absolute Gasteiger partial charge is 0.229 e. The molecule has 21 heavy (non-hydrogen) atoms. The number of benzene rings is 1. The molecule has 0 bridgehead atoms. The molecule has 1 fully saturated rings. The molecule has 1 aliphatic heterocycles. The SMILES string of the molecule is CC(C)OC1O/C(=C/C2CC2)c2nc3ccccc3cc21. The van der Waals surface area contributed by atoms with Crippen molar-refractivity contribution in [3.63, 3.8) is 0 Å². The zero-order valence-corrected chi connectivity index (χ0v) is 12.4. The normalized spacial score (nSPS) is 22.8. The maximum Gasteiger partial charge on any atom is 0.229 e. The second-order valence-corrected chi connectivity index (χ2v) is 6.12. The number of ether oxygens (including phenoxy) is 2. The Kier molecular flexibility index (Phi) is 2.96. The maximum absolute atomic E-state index is 6.04. The van der Waals surface area contributed by atoms with Crippen LogP contribution in [0.25, 0.3) is 16.7 Å². The van der Waals surface area contributed by atoms with Crippen LogP contribution >= 0.6 is 0 Å². The molecule has 0 spiro atoms. The van der Waals surface area contributed by atoms with Crippen molar-refractivity contribution in [3.8, 4) is 0 Å². The summed E-state index contributed by atoms with van der Waals surface area (Å²) in [5.41, 5.74) is 3.01. The van der Waals surface area contributed by atoms with Gasteiger partial charge in [0.2, 0.25) is 6.29 Å². The third-order valence-corrected chi connectivity index (χ3v) is 3.88. The van der Waals surface area contributed by atoms with Gasteiger partial charge in [0.05, 0.1) is 17.2 Å². The molecule has 0 N–H and O–H groups in total. The van der Waals surface area contributed by atoms with E-state index in [1.54, 1.807) is 0 Å². The lowest BCUT2D eigenvalue weighted by Crippen LogP contribution is -2.09. The van der Waals surface area contributed by atoms with Crippen molar-refractivity contribution in [1.29, 1.82) is 0 Å². The highest BCUT2D eigenvalue weighted by molar-refractivity contribution is 5.82. The summed E-state index contributed by atoms with van der Waals surface area (Å²) in [6.07, 6.45) is 4.51. The quantitative estimate of drug-likeness (QED) is 0.833. The van der Waals surface area contributed by atoms with Crippen LogP contribution in [0.5, 0.6) is 0 Å². The predicted molar refractivity (Wildman–Crippen MR) is 82.5 cm³/mol. The molecule has 2 aliphatic rings. The molecule has 1 aromatic carbocycles. The van der Waals surface area contributed by atoms with Crippen LogP contribution in [-0.4, -0.2) is 11.1 Å². The monoisotopic (exact) mass is 281 g/mol. The minimum Gasteiger partial charge on any atom is -0.459 e. The fourth-order valence-electron chi connectivity index (χ4n) is 2.69. The van der Waals surface area contributed by atoms with Crippen LogP contribution in [0.4, 0.5) is 0 Å². The molecule has 1 aliphatic carbocycles. The molecule has 1 unspecified atom stereocenters. The van der Waals surface area contributed by atoms with E-state index in [-0.39, 0.29) is 12.4 Å². The van der Waals surface area contributed by atoms with Gasteiger partial charge in [0.1, 0.15) is 11.5 Å². The minimum atomic E-state index is -0.331. The van der Waals surface area contributed by atoms with Crippen LogP contribution in [0.2, 0.25) is 0 Å². The lowest BCUT2D eigenvalue weighted by atomic mass is 10.1. The first-order valence-corrected chi connectivity index (χ1v) is 7.65. The highest BCUT2D eigenvalue weighted by Crippen LogP contribution is 2.43. The highest BCUT2D eigenvalue weighted by Gasteiger charge is 2.33. The Bertz CT molecular complexity index is 716. The lowest BCUT2D eigenvalue weighted by molar-refractivity contribution is -0.118. The van der Waals surface area contributed by atoms with E-state index in [0.29, 0.717) is 5.92 Å². The number of hydrogen-bond donors (Lipinski definition) is 0. The molecule has 3 heteroatoms. The number of pyridine rings is 1. The van der Waals surface area contributed by atoms with Gasteiger partial charge >= 0.3 is 0 Å². The Balaban J connectivity index is 1.83. The van der Waals surface area contributed by atoms with Crippen molar-refractivity contribution in [2.24, 2.45) is 5.92 Å². The van der Waals surface area contributed by atoms with Gasteiger partial charge in [-0.3, -0.25) is 0 Å². The van der Waals surface area contributed by atoms with E-state index in [1.807, 2.05) is 32.0 Å². The molecule has 2 heterocycles. The molecule has 0 saturated heterocycles. The van der Waals surface area contributed by atoms with E-state index in [4.69, 9.17) is 14.5 Å². The summed E-state index contributed by atoms with van der Waals surface area (Å²) in [6, 6.07) is 10.3. The molecule has 1 atom stereocenters. The number of aromatic nitrogens is 1. The van der Waals surface area contributed by atoms with Gasteiger partial charge in [0.15, 0.2) is 0 Å². The Labute approximate surface area is 124 Å². The summed E-state index contributed by atoms with van der Waals surface area (Å²) in [7, 11) is 0. The largest absolute Gasteiger partial charge is 0.459 e. The van der Waals surface area contributed by atoms with Crippen molar-refractivity contribution < 1.29 is 9.47 Å². The van der Waals surface area contributed by atoms with Crippen molar-refractivity contribution in [1.82, 2.24) is 4.98 Å². The van der Waals surface area contributed by atoms with Crippen LogP contribution in [-0.2, 0) is 9.47 Å². The topological polar surface area (TPSA) is 31.4 Å². The molecule has 3 nitrogen and oxygen atoms in total. The fraction of sp³-hybridized carbons (Fsp3) is 0.389. The zero-order chi connectivity index (χ0) is 14.4. The molecule has 0 amide bonds. The van der Waals surface area contributed by atoms with Crippen LogP contribution < -0.4 is 0 Å². The molecular formula is C18H19NO2. The number of para-hydroxylation sites is 1. The third-order valence-electron chi connectivity index (χ3n) is 3.88. The summed E-state index contributed by atoms with van der Waals surface area (Å²) < 4.78 is 12.0. The molecular weight excluding hydrogens is 262 g/mol. The molecule has 4 rings (SSSR count). The summed E-state index contributed by atoms with van der Waals surface area (Å²) in [5.74, 6) is 1.54. The number of nitrogens with zero attached hydrogens (tertiary/aromatic N) is 1. The summed E-state index contributed by atoms with van der Waals surface area (Å²) >= 11 is 0. The van der Waals surface area contributed by atoms with Gasteiger partial charge < -0.3 is 9.47 Å². The second-order valence-electron chi connectivity index (χ2n) is 6.12. The number of rotatable bonds is 3. The summed E-state index contributed by atoms with van der Waals surface area (Å²) in [6.45, 7) is 4.06. The van der Waals surface area contributed by atoms with E-state index in [1.165, 1.54) is 12.8 Å². The van der Waals surface area contributed by atoms with Crippen LogP contribution in [0, 0.1) is 5.92 Å². The van der Waals surface area contributed by atoms with Crippen molar-refractivity contribution >= 4 is 16.7 Å². The van der Waals surface area contributed by atoms with E-state index < -0.39 is 0 Å². The molecule has 0 radical (unpaired) electrons. The Morgan fingerprint density at radius 1 is 1.29 bits per heavy atom. The first kappa shape index (κ1) is 12.8. The Morgan fingerprint density at radius 2 is 2.10 bits per heavy atom. The van der Waals surface area contributed by atoms with Gasteiger partial charge in [-0.25, -0.2) is 4.98 Å². The highest BCUT2D eigenvalue weighted by atomic mass is 16.7. The Hall–Kier alpha value is -1.87. The summed E-state index contributed by atoms with van der Waals surface area (Å²) in [5, 5.41) is 1.13. The average molecular weight is 281 g/mol. The third kappa shape index (κ3) is 2.42. The predicted octanol–water partition coefficient (Wildman–Crippen LogP) is 4.44. The van der Waals surface area contributed by atoms with E-state index >= 15 is 0 Å². The molecule has 2 aromatic rings. The van der Waals surface area contributed by atoms with Crippen molar-refractivity contribution in [2.75, 3.05) is 0 Å². The van der Waals surface area contributed by atoms with Crippen molar-refractivity contribution in [2.45, 2.75) is 39.1 Å². The molecule has 108 valence electrons. The zero-order valence-electron chi connectivity index (χ0n) is 12.4. The van der Waals surface area contributed by atoms with Crippen LogP contribution in [0.3, 0.4) is 0 Å². The maximum atomic E-state index is 6.04. The average Bonchev–Trinajstić information content (AvgIpc) is 3.22. The fourth-order valence-corrected chi connectivity index (χ4v) is 2.69. The molecule has 1 saturated carbocycles. The first-order chi connectivity index (χ1) is 10.2. The second kappa shape index (κ2) is 4.85. The standard InChI is InChI=1S/C18H19NO2/c1-11(2)20-18-14-10-13-5-3-4-6-15(13)19-17(14)16(21-18)9-12-7-8-12/h3-6,9-12,18H,7-8H2,1-2H3/b16-9+. The van der Waals surface area contributed by atoms with Gasteiger partial charge in [0.25, 0.3) is 0 Å². The summed E-state index contributed by atoms with van der Waals surface area (Å²) in [4.78, 5) is 4.80.